The molecular formula is C19H29F. The van der Waals surface area contributed by atoms with Gasteiger partial charge in [-0.1, -0.05) is 31.9 Å². The number of hydrogen-bond donors (Lipinski definition) is 0. The molecule has 0 radical (unpaired) electrons. The molecule has 0 aromatic rings. The van der Waals surface area contributed by atoms with Gasteiger partial charge >= 0.3 is 0 Å². The lowest BCUT2D eigenvalue weighted by Gasteiger charge is -2.56. The van der Waals surface area contributed by atoms with Crippen molar-refractivity contribution in [2.45, 2.75) is 77.8 Å². The summed E-state index contributed by atoms with van der Waals surface area (Å²) in [5, 5.41) is 0. The first-order chi connectivity index (χ1) is 9.53. The maximum atomic E-state index is 14.0. The highest BCUT2D eigenvalue weighted by Gasteiger charge is 2.57. The summed E-state index contributed by atoms with van der Waals surface area (Å²) < 4.78 is 14.0. The van der Waals surface area contributed by atoms with Gasteiger partial charge in [0.1, 0.15) is 6.17 Å². The Bertz CT molecular complexity index is 439. The molecule has 0 heterocycles. The molecule has 0 aromatic heterocycles. The summed E-state index contributed by atoms with van der Waals surface area (Å²) in [5.74, 6) is 2.29. The molecule has 6 atom stereocenters. The molecule has 0 spiro atoms. The minimum atomic E-state index is -0.520. The molecule has 0 bridgehead atoms. The Morgan fingerprint density at radius 3 is 2.85 bits per heavy atom. The van der Waals surface area contributed by atoms with E-state index in [4.69, 9.17) is 0 Å². The third kappa shape index (κ3) is 1.70. The summed E-state index contributed by atoms with van der Waals surface area (Å²) >= 11 is 0. The quantitative estimate of drug-likeness (QED) is 0.499. The third-order valence-corrected chi connectivity index (χ3v) is 7.73. The molecule has 0 saturated heterocycles. The maximum absolute atomic E-state index is 14.0. The van der Waals surface area contributed by atoms with Gasteiger partial charge in [-0.25, -0.2) is 4.39 Å². The van der Waals surface area contributed by atoms with Gasteiger partial charge < -0.3 is 0 Å². The fourth-order valence-electron chi connectivity index (χ4n) is 6.67. The third-order valence-electron chi connectivity index (χ3n) is 7.73. The molecule has 0 aromatic carbocycles. The maximum Gasteiger partial charge on any atom is 0.101 e. The second-order valence-electron chi connectivity index (χ2n) is 8.70. The zero-order chi connectivity index (χ0) is 14.0. The van der Waals surface area contributed by atoms with E-state index in [0.29, 0.717) is 16.7 Å². The van der Waals surface area contributed by atoms with Gasteiger partial charge in [-0.3, -0.25) is 0 Å². The Kier molecular flexibility index (Phi) is 2.89. The van der Waals surface area contributed by atoms with E-state index in [1.807, 2.05) is 0 Å². The molecule has 0 N–H and O–H groups in total. The van der Waals surface area contributed by atoms with Crippen molar-refractivity contribution in [1.82, 2.24) is 0 Å². The van der Waals surface area contributed by atoms with E-state index in [9.17, 15) is 4.39 Å². The minimum absolute atomic E-state index is 0.316. The molecule has 0 aliphatic heterocycles. The molecule has 4 aliphatic rings. The van der Waals surface area contributed by atoms with Crippen LogP contribution in [0.4, 0.5) is 4.39 Å². The Hall–Kier alpha value is -0.330. The van der Waals surface area contributed by atoms with Gasteiger partial charge in [0.15, 0.2) is 0 Å². The van der Waals surface area contributed by atoms with Crippen molar-refractivity contribution in [3.63, 3.8) is 0 Å². The number of alkyl halides is 1. The van der Waals surface area contributed by atoms with Crippen LogP contribution in [0.15, 0.2) is 11.6 Å². The Morgan fingerprint density at radius 2 is 2.00 bits per heavy atom. The average molecular weight is 276 g/mol. The van der Waals surface area contributed by atoms with Crippen LogP contribution in [0.3, 0.4) is 0 Å². The lowest BCUT2D eigenvalue weighted by Crippen LogP contribution is -2.48. The van der Waals surface area contributed by atoms with Crippen LogP contribution >= 0.6 is 0 Å². The van der Waals surface area contributed by atoms with Crippen molar-refractivity contribution >= 4 is 0 Å². The largest absolute Gasteiger partial charge is 0.247 e. The summed E-state index contributed by atoms with van der Waals surface area (Å²) in [6.07, 6.45) is 13.2. The smallest absolute Gasteiger partial charge is 0.101 e. The Labute approximate surface area is 123 Å². The van der Waals surface area contributed by atoms with Gasteiger partial charge in [0.2, 0.25) is 0 Å². The van der Waals surface area contributed by atoms with Crippen LogP contribution in [0.1, 0.15) is 71.6 Å². The summed E-state index contributed by atoms with van der Waals surface area (Å²) in [7, 11) is 0. The highest BCUT2D eigenvalue weighted by Crippen LogP contribution is 2.65. The fraction of sp³-hybridized carbons (Fsp3) is 0.895. The van der Waals surface area contributed by atoms with Crippen LogP contribution in [-0.4, -0.2) is 6.17 Å². The monoisotopic (exact) mass is 276 g/mol. The van der Waals surface area contributed by atoms with E-state index in [1.165, 1.54) is 44.9 Å². The number of halogens is 1. The Morgan fingerprint density at radius 1 is 1.15 bits per heavy atom. The van der Waals surface area contributed by atoms with Gasteiger partial charge in [0.25, 0.3) is 0 Å². The second kappa shape index (κ2) is 4.34. The normalized spacial score (nSPS) is 54.6. The van der Waals surface area contributed by atoms with Gasteiger partial charge in [-0.15, -0.1) is 0 Å². The van der Waals surface area contributed by atoms with Gasteiger partial charge in [-0.2, -0.15) is 0 Å². The van der Waals surface area contributed by atoms with Crippen molar-refractivity contribution in [3.8, 4) is 0 Å². The molecule has 0 nitrogen and oxygen atoms in total. The van der Waals surface area contributed by atoms with Gasteiger partial charge in [0, 0.05) is 0 Å². The van der Waals surface area contributed by atoms with E-state index in [1.54, 1.807) is 5.57 Å². The summed E-state index contributed by atoms with van der Waals surface area (Å²) in [6.45, 7) is 4.93. The van der Waals surface area contributed by atoms with Crippen LogP contribution in [0.25, 0.3) is 0 Å². The first kappa shape index (κ1) is 13.3. The van der Waals surface area contributed by atoms with Gasteiger partial charge in [-0.05, 0) is 80.0 Å². The number of hydrogen-bond acceptors (Lipinski definition) is 0. The molecular weight excluding hydrogens is 247 g/mol. The lowest BCUT2D eigenvalue weighted by atomic mass is 9.48. The zero-order valence-electron chi connectivity index (χ0n) is 13.1. The molecule has 4 rings (SSSR count). The van der Waals surface area contributed by atoms with Crippen molar-refractivity contribution in [2.75, 3.05) is 0 Å². The van der Waals surface area contributed by atoms with E-state index < -0.39 is 6.17 Å². The first-order valence-corrected chi connectivity index (χ1v) is 8.86. The van der Waals surface area contributed by atoms with Crippen molar-refractivity contribution in [1.29, 1.82) is 0 Å². The highest BCUT2D eigenvalue weighted by molar-refractivity contribution is 5.24. The molecule has 112 valence electrons. The van der Waals surface area contributed by atoms with Crippen molar-refractivity contribution in [3.05, 3.63) is 11.6 Å². The summed E-state index contributed by atoms with van der Waals surface area (Å²) in [5.41, 5.74) is 2.55. The van der Waals surface area contributed by atoms with Crippen LogP contribution in [0.2, 0.25) is 0 Å². The predicted octanol–water partition coefficient (Wildman–Crippen LogP) is 5.68. The van der Waals surface area contributed by atoms with E-state index in [-0.39, 0.29) is 0 Å². The van der Waals surface area contributed by atoms with E-state index in [2.05, 4.69) is 19.9 Å². The predicted molar refractivity (Wildman–Crippen MR) is 81.2 cm³/mol. The van der Waals surface area contributed by atoms with Gasteiger partial charge in [0.05, 0.1) is 0 Å². The summed E-state index contributed by atoms with van der Waals surface area (Å²) in [6, 6.07) is 0. The fourth-order valence-corrected chi connectivity index (χ4v) is 6.67. The molecule has 0 amide bonds. The molecule has 20 heavy (non-hydrogen) atoms. The molecule has 1 unspecified atom stereocenters. The van der Waals surface area contributed by atoms with Crippen molar-refractivity contribution in [2.24, 2.45) is 28.6 Å². The van der Waals surface area contributed by atoms with E-state index >= 15 is 0 Å². The van der Waals surface area contributed by atoms with E-state index in [0.717, 1.165) is 24.7 Å². The molecule has 1 heteroatoms. The minimum Gasteiger partial charge on any atom is -0.247 e. The first-order valence-electron chi connectivity index (χ1n) is 8.86. The molecule has 4 aliphatic carbocycles. The second-order valence-corrected chi connectivity index (χ2v) is 8.70. The summed E-state index contributed by atoms with van der Waals surface area (Å²) in [4.78, 5) is 0. The molecule has 3 fully saturated rings. The number of allylic oxidation sites excluding steroid dienone is 2. The van der Waals surface area contributed by atoms with Crippen LogP contribution in [0, 0.1) is 28.6 Å². The molecule has 3 saturated carbocycles. The standard InChI is InChI=1S/C19H29F/c1-18-10-8-16-15(17(18)11-14(20)12-18)7-6-13-5-3-4-9-19(13,16)2/h6,14-17H,3-5,7-12H2,1-2H3/t14?,15-,16-,17+,18-,19+/m1/s1. The SMILES string of the molecule is C[C@]12CC[C@@H]3[C@@H](CC=C4CCCC[C@@]43C)[C@@H]1CC(F)C2. The topological polar surface area (TPSA) is 0 Å². The van der Waals surface area contributed by atoms with Crippen molar-refractivity contribution < 1.29 is 4.39 Å². The van der Waals surface area contributed by atoms with Crippen LogP contribution < -0.4 is 0 Å². The lowest BCUT2D eigenvalue weighted by molar-refractivity contribution is -0.0248. The highest BCUT2D eigenvalue weighted by atomic mass is 19.1. The number of rotatable bonds is 0. The van der Waals surface area contributed by atoms with Crippen LogP contribution in [0.5, 0.6) is 0 Å². The Balaban J connectivity index is 1.69. The van der Waals surface area contributed by atoms with Crippen LogP contribution in [-0.2, 0) is 0 Å². The number of fused-ring (bicyclic) bond motifs is 5. The zero-order valence-corrected chi connectivity index (χ0v) is 13.1. The average Bonchev–Trinajstić information content (AvgIpc) is 2.72.